The van der Waals surface area contributed by atoms with Gasteiger partial charge in [0.25, 0.3) is 11.6 Å². The summed E-state index contributed by atoms with van der Waals surface area (Å²) in [6.07, 6.45) is 0.638. The lowest BCUT2D eigenvalue weighted by Crippen LogP contribution is -2.21. The number of rotatable bonds is 6. The molecule has 0 saturated heterocycles. The molecule has 26 heavy (non-hydrogen) atoms. The van der Waals surface area contributed by atoms with E-state index in [-0.39, 0.29) is 16.9 Å². The highest BCUT2D eigenvalue weighted by Gasteiger charge is 2.18. The third kappa shape index (κ3) is 4.50. The fourth-order valence-electron chi connectivity index (χ4n) is 2.15. The van der Waals surface area contributed by atoms with Crippen molar-refractivity contribution in [2.75, 3.05) is 11.9 Å². The molecule has 0 aliphatic heterocycles. The van der Waals surface area contributed by atoms with Crippen LogP contribution in [0.2, 0.25) is 0 Å². The van der Waals surface area contributed by atoms with Crippen molar-refractivity contribution in [1.82, 2.24) is 0 Å². The Bertz CT molecular complexity index is 874. The number of nitrogens with zero attached hydrogens (tertiary/aromatic N) is 1. The van der Waals surface area contributed by atoms with Crippen LogP contribution in [0.3, 0.4) is 0 Å². The summed E-state index contributed by atoms with van der Waals surface area (Å²) in [5, 5.41) is 13.5. The maximum atomic E-state index is 12.0. The summed E-state index contributed by atoms with van der Waals surface area (Å²) < 4.78 is 4.88. The number of anilines is 1. The molecule has 2 rings (SSSR count). The Kier molecular flexibility index (Phi) is 5.79. The first-order chi connectivity index (χ1) is 12.3. The van der Waals surface area contributed by atoms with Crippen molar-refractivity contribution in [3.63, 3.8) is 0 Å². The second kappa shape index (κ2) is 8.02. The van der Waals surface area contributed by atoms with E-state index in [9.17, 15) is 24.5 Å². The van der Waals surface area contributed by atoms with Crippen LogP contribution in [0, 0.1) is 24.0 Å². The van der Waals surface area contributed by atoms with E-state index in [1.54, 1.807) is 13.8 Å². The molecule has 0 spiro atoms. The second-order valence-electron chi connectivity index (χ2n) is 5.57. The molecule has 134 valence electrons. The van der Waals surface area contributed by atoms with Gasteiger partial charge in [0.05, 0.1) is 10.5 Å². The average Bonchev–Trinajstić information content (AvgIpc) is 2.62. The maximum absolute atomic E-state index is 12.0. The van der Waals surface area contributed by atoms with Crippen molar-refractivity contribution in [2.45, 2.75) is 13.8 Å². The molecule has 2 aromatic rings. The predicted molar refractivity (Wildman–Crippen MR) is 93.3 cm³/mol. The predicted octanol–water partition coefficient (Wildman–Crippen LogP) is 2.82. The van der Waals surface area contributed by atoms with Gasteiger partial charge in [0, 0.05) is 11.6 Å². The second-order valence-corrected chi connectivity index (χ2v) is 5.57. The van der Waals surface area contributed by atoms with Crippen molar-refractivity contribution in [1.29, 1.82) is 0 Å². The van der Waals surface area contributed by atoms with Gasteiger partial charge in [-0.1, -0.05) is 12.1 Å². The van der Waals surface area contributed by atoms with Gasteiger partial charge in [0.1, 0.15) is 12.0 Å². The van der Waals surface area contributed by atoms with Gasteiger partial charge >= 0.3 is 5.97 Å². The lowest BCUT2D eigenvalue weighted by molar-refractivity contribution is -0.384. The highest BCUT2D eigenvalue weighted by molar-refractivity contribution is 5.97. The Hall–Kier alpha value is -3.55. The summed E-state index contributed by atoms with van der Waals surface area (Å²) in [5.74, 6) is -1.44. The molecule has 0 saturated carbocycles. The monoisotopic (exact) mass is 356 g/mol. The van der Waals surface area contributed by atoms with Crippen LogP contribution in [0.15, 0.2) is 36.4 Å². The zero-order valence-corrected chi connectivity index (χ0v) is 14.1. The molecular weight excluding hydrogens is 340 g/mol. The fraction of sp³-hybridized carbons (Fsp3) is 0.167. The lowest BCUT2D eigenvalue weighted by Gasteiger charge is -2.09. The number of carbonyl (C=O) groups is 3. The number of aryl methyl sites for hydroxylation is 2. The van der Waals surface area contributed by atoms with Gasteiger partial charge < -0.3 is 10.1 Å². The molecule has 0 fully saturated rings. The van der Waals surface area contributed by atoms with E-state index in [0.29, 0.717) is 11.8 Å². The number of nitro groups is 1. The Morgan fingerprint density at radius 3 is 2.35 bits per heavy atom. The first-order valence-electron chi connectivity index (χ1n) is 7.59. The zero-order chi connectivity index (χ0) is 19.3. The number of ether oxygens (including phenoxy) is 1. The van der Waals surface area contributed by atoms with E-state index in [1.807, 2.05) is 0 Å². The Morgan fingerprint density at radius 1 is 1.15 bits per heavy atom. The quantitative estimate of drug-likeness (QED) is 0.368. The number of hydrogen-bond donors (Lipinski definition) is 1. The third-order valence-electron chi connectivity index (χ3n) is 3.70. The molecule has 8 nitrogen and oxygen atoms in total. The molecule has 0 atom stereocenters. The molecule has 0 aliphatic rings. The van der Waals surface area contributed by atoms with Crippen LogP contribution in [0.25, 0.3) is 0 Å². The summed E-state index contributed by atoms with van der Waals surface area (Å²) in [7, 11) is 0. The van der Waals surface area contributed by atoms with Gasteiger partial charge in [-0.25, -0.2) is 4.79 Å². The van der Waals surface area contributed by atoms with E-state index < -0.39 is 23.4 Å². The molecule has 2 aromatic carbocycles. The fourth-order valence-corrected chi connectivity index (χ4v) is 2.15. The van der Waals surface area contributed by atoms with Crippen molar-refractivity contribution < 1.29 is 24.0 Å². The van der Waals surface area contributed by atoms with Crippen molar-refractivity contribution in [3.05, 3.63) is 68.8 Å². The largest absolute Gasteiger partial charge is 0.452 e. The van der Waals surface area contributed by atoms with Crippen LogP contribution < -0.4 is 5.32 Å². The number of esters is 1. The third-order valence-corrected chi connectivity index (χ3v) is 3.70. The molecule has 0 unspecified atom stereocenters. The summed E-state index contributed by atoms with van der Waals surface area (Å²) in [6.45, 7) is 2.89. The minimum absolute atomic E-state index is 0.0366. The highest BCUT2D eigenvalue weighted by Crippen LogP contribution is 2.27. The van der Waals surface area contributed by atoms with Gasteiger partial charge in [-0.05, 0) is 43.2 Å². The number of hydrogen-bond acceptors (Lipinski definition) is 6. The molecule has 1 amide bonds. The Labute approximate surface area is 148 Å². The summed E-state index contributed by atoms with van der Waals surface area (Å²) in [6, 6.07) is 8.55. The van der Waals surface area contributed by atoms with Gasteiger partial charge in [-0.15, -0.1) is 0 Å². The highest BCUT2D eigenvalue weighted by atomic mass is 16.6. The van der Waals surface area contributed by atoms with Crippen LogP contribution in [-0.4, -0.2) is 29.7 Å². The topological polar surface area (TPSA) is 116 Å². The molecule has 0 radical (unpaired) electrons. The molecule has 8 heteroatoms. The van der Waals surface area contributed by atoms with E-state index in [0.717, 1.165) is 11.1 Å². The number of benzene rings is 2. The van der Waals surface area contributed by atoms with Crippen LogP contribution in [0.5, 0.6) is 0 Å². The first kappa shape index (κ1) is 18.8. The minimum atomic E-state index is -0.743. The average molecular weight is 356 g/mol. The van der Waals surface area contributed by atoms with Gasteiger partial charge in [0.15, 0.2) is 6.61 Å². The number of amides is 1. The summed E-state index contributed by atoms with van der Waals surface area (Å²) in [4.78, 5) is 44.9. The minimum Gasteiger partial charge on any atom is -0.452 e. The van der Waals surface area contributed by atoms with Crippen molar-refractivity contribution in [3.8, 4) is 0 Å². The Morgan fingerprint density at radius 2 is 1.77 bits per heavy atom. The van der Waals surface area contributed by atoms with E-state index in [1.165, 1.54) is 36.4 Å². The zero-order valence-electron chi connectivity index (χ0n) is 14.1. The number of nitrogens with one attached hydrogen (secondary N) is 1. The number of carbonyl (C=O) groups excluding carboxylic acids is 3. The maximum Gasteiger partial charge on any atom is 0.338 e. The van der Waals surface area contributed by atoms with Crippen molar-refractivity contribution in [2.24, 2.45) is 0 Å². The standard InChI is InChI=1S/C18H16N2O6/c1-11-7-15(16(20(24)25)8-12(11)2)19-17(22)10-26-18(23)14-5-3-13(9-21)4-6-14/h3-9H,10H2,1-2H3,(H,19,22). The summed E-state index contributed by atoms with van der Waals surface area (Å²) in [5.41, 5.74) is 1.88. The van der Waals surface area contributed by atoms with Crippen molar-refractivity contribution >= 4 is 29.5 Å². The van der Waals surface area contributed by atoms with Crippen LogP contribution in [0.1, 0.15) is 31.8 Å². The van der Waals surface area contributed by atoms with Crippen LogP contribution in [-0.2, 0) is 9.53 Å². The molecular formula is C18H16N2O6. The van der Waals surface area contributed by atoms with Crippen LogP contribution in [0.4, 0.5) is 11.4 Å². The molecule has 0 aliphatic carbocycles. The number of nitro benzene ring substituents is 1. The van der Waals surface area contributed by atoms with Gasteiger partial charge in [-0.2, -0.15) is 0 Å². The van der Waals surface area contributed by atoms with E-state index in [2.05, 4.69) is 5.32 Å². The van der Waals surface area contributed by atoms with E-state index >= 15 is 0 Å². The first-order valence-corrected chi connectivity index (χ1v) is 7.59. The SMILES string of the molecule is Cc1cc(NC(=O)COC(=O)c2ccc(C=O)cc2)c([N+](=O)[O-])cc1C. The Balaban J connectivity index is 2.02. The summed E-state index contributed by atoms with van der Waals surface area (Å²) >= 11 is 0. The van der Waals surface area contributed by atoms with Gasteiger partial charge in [-0.3, -0.25) is 19.7 Å². The normalized spacial score (nSPS) is 10.1. The lowest BCUT2D eigenvalue weighted by atomic mass is 10.1. The molecule has 0 bridgehead atoms. The molecule has 1 N–H and O–H groups in total. The van der Waals surface area contributed by atoms with E-state index in [4.69, 9.17) is 4.74 Å². The number of aldehydes is 1. The van der Waals surface area contributed by atoms with Crippen LogP contribution >= 0.6 is 0 Å². The van der Waals surface area contributed by atoms with Gasteiger partial charge in [0.2, 0.25) is 0 Å². The smallest absolute Gasteiger partial charge is 0.338 e. The molecule has 0 heterocycles. The molecule has 0 aromatic heterocycles.